The van der Waals surface area contributed by atoms with Crippen LogP contribution >= 0.6 is 0 Å². The van der Waals surface area contributed by atoms with E-state index in [-0.39, 0.29) is 5.78 Å². The van der Waals surface area contributed by atoms with Gasteiger partial charge in [-0.3, -0.25) is 4.79 Å². The summed E-state index contributed by atoms with van der Waals surface area (Å²) in [5, 5.41) is 0. The van der Waals surface area contributed by atoms with Gasteiger partial charge in [0.05, 0.1) is 11.0 Å². The number of aromatic amines is 1. The number of imidazole rings is 1. The van der Waals surface area contributed by atoms with E-state index < -0.39 is 0 Å². The van der Waals surface area contributed by atoms with E-state index in [0.29, 0.717) is 12.3 Å². The molecule has 0 aliphatic heterocycles. The third kappa shape index (κ3) is 3.70. The van der Waals surface area contributed by atoms with Crippen LogP contribution in [0.3, 0.4) is 0 Å². The summed E-state index contributed by atoms with van der Waals surface area (Å²) in [6.07, 6.45) is 0.568. The van der Waals surface area contributed by atoms with Crippen molar-refractivity contribution in [3.63, 3.8) is 0 Å². The quantitative estimate of drug-likeness (QED) is 0.792. The molecule has 0 amide bonds. The van der Waals surface area contributed by atoms with Gasteiger partial charge in [0.1, 0.15) is 5.82 Å². The first kappa shape index (κ1) is 15.7. The van der Waals surface area contributed by atoms with Crippen LogP contribution in [0.1, 0.15) is 56.2 Å². The molecule has 4 heteroatoms. The van der Waals surface area contributed by atoms with Crippen molar-refractivity contribution in [2.24, 2.45) is 0 Å². The van der Waals surface area contributed by atoms with Crippen LogP contribution in [0.2, 0.25) is 0 Å². The molecule has 0 bridgehead atoms. The Morgan fingerprint density at radius 2 is 2.00 bits per heavy atom. The lowest BCUT2D eigenvalue weighted by atomic mass is 10.1. The molecule has 0 fully saturated rings. The number of carbonyl (C=O) groups excluding carboxylic acids is 1. The number of ketones is 1. The van der Waals surface area contributed by atoms with Crippen LogP contribution in [-0.4, -0.2) is 40.3 Å². The number of carbonyl (C=O) groups is 1. The monoisotopic (exact) mass is 287 g/mol. The zero-order valence-corrected chi connectivity index (χ0v) is 13.4. The smallest absolute Gasteiger partial charge is 0.164 e. The molecule has 1 aromatic carbocycles. The van der Waals surface area contributed by atoms with Gasteiger partial charge >= 0.3 is 0 Å². The summed E-state index contributed by atoms with van der Waals surface area (Å²) in [5.41, 5.74) is 2.65. The van der Waals surface area contributed by atoms with Crippen LogP contribution in [-0.2, 0) is 0 Å². The zero-order chi connectivity index (χ0) is 15.4. The van der Waals surface area contributed by atoms with Gasteiger partial charge < -0.3 is 9.88 Å². The topological polar surface area (TPSA) is 49.0 Å². The average molecular weight is 287 g/mol. The van der Waals surface area contributed by atoms with Gasteiger partial charge in [-0.1, -0.05) is 27.7 Å². The molecule has 0 saturated carbocycles. The molecular formula is C17H25N3O. The fraction of sp³-hybridized carbons (Fsp3) is 0.529. The van der Waals surface area contributed by atoms with E-state index >= 15 is 0 Å². The lowest BCUT2D eigenvalue weighted by Gasteiger charge is -2.17. The summed E-state index contributed by atoms with van der Waals surface area (Å²) in [6, 6.07) is 5.75. The standard InChI is InChI=1S/C17H25N3O/c1-5-20(6-2)10-9-16(21)13-7-8-14-15(11-13)19-17(18-14)12(3)4/h7-8,11-12H,5-6,9-10H2,1-4H3,(H,18,19). The number of hydrogen-bond donors (Lipinski definition) is 1. The molecule has 21 heavy (non-hydrogen) atoms. The van der Waals surface area contributed by atoms with Crippen molar-refractivity contribution >= 4 is 16.8 Å². The Kier molecular flexibility index (Phi) is 5.12. The number of H-pyrrole nitrogens is 1. The summed E-state index contributed by atoms with van der Waals surface area (Å²) in [5.74, 6) is 1.53. The van der Waals surface area contributed by atoms with E-state index in [2.05, 4.69) is 42.6 Å². The van der Waals surface area contributed by atoms with Crippen molar-refractivity contribution in [3.05, 3.63) is 29.6 Å². The largest absolute Gasteiger partial charge is 0.342 e. The number of hydrogen-bond acceptors (Lipinski definition) is 3. The normalized spacial score (nSPS) is 11.7. The number of aromatic nitrogens is 2. The maximum absolute atomic E-state index is 12.3. The van der Waals surface area contributed by atoms with Gasteiger partial charge in [-0.05, 0) is 31.3 Å². The van der Waals surface area contributed by atoms with Gasteiger partial charge in [0.2, 0.25) is 0 Å². The summed E-state index contributed by atoms with van der Waals surface area (Å²) in [7, 11) is 0. The molecule has 0 radical (unpaired) electrons. The van der Waals surface area contributed by atoms with E-state index in [4.69, 9.17) is 0 Å². The highest BCUT2D eigenvalue weighted by Crippen LogP contribution is 2.19. The maximum atomic E-state index is 12.3. The van der Waals surface area contributed by atoms with Gasteiger partial charge in [-0.15, -0.1) is 0 Å². The molecule has 0 atom stereocenters. The van der Waals surface area contributed by atoms with Crippen molar-refractivity contribution < 1.29 is 4.79 Å². The number of fused-ring (bicyclic) bond motifs is 1. The Hall–Kier alpha value is -1.68. The highest BCUT2D eigenvalue weighted by molar-refractivity contribution is 5.99. The van der Waals surface area contributed by atoms with Crippen LogP contribution in [0.5, 0.6) is 0 Å². The highest BCUT2D eigenvalue weighted by Gasteiger charge is 2.11. The first-order chi connectivity index (χ1) is 10.0. The summed E-state index contributed by atoms with van der Waals surface area (Å²) in [4.78, 5) is 22.4. The molecule has 1 aromatic heterocycles. The number of rotatable bonds is 7. The van der Waals surface area contributed by atoms with E-state index in [1.807, 2.05) is 18.2 Å². The van der Waals surface area contributed by atoms with Crippen LogP contribution < -0.4 is 0 Å². The Balaban J connectivity index is 2.12. The Labute approximate surface area is 126 Å². The van der Waals surface area contributed by atoms with Crippen molar-refractivity contribution in [2.45, 2.75) is 40.0 Å². The van der Waals surface area contributed by atoms with Crippen molar-refractivity contribution in [2.75, 3.05) is 19.6 Å². The second kappa shape index (κ2) is 6.85. The minimum absolute atomic E-state index is 0.199. The van der Waals surface area contributed by atoms with Gasteiger partial charge in [0, 0.05) is 24.4 Å². The Bertz CT molecular complexity index is 612. The third-order valence-electron chi connectivity index (χ3n) is 3.92. The van der Waals surface area contributed by atoms with Crippen molar-refractivity contribution in [1.82, 2.24) is 14.9 Å². The van der Waals surface area contributed by atoms with E-state index in [9.17, 15) is 4.79 Å². The minimum Gasteiger partial charge on any atom is -0.342 e. The van der Waals surface area contributed by atoms with Crippen LogP contribution in [0.25, 0.3) is 11.0 Å². The molecule has 0 aliphatic rings. The molecule has 0 spiro atoms. The molecule has 1 N–H and O–H groups in total. The predicted molar refractivity (Wildman–Crippen MR) is 86.9 cm³/mol. The molecule has 0 unspecified atom stereocenters. The summed E-state index contributed by atoms with van der Waals surface area (Å²) in [6.45, 7) is 11.3. The molecular weight excluding hydrogens is 262 g/mol. The predicted octanol–water partition coefficient (Wildman–Crippen LogP) is 3.60. The van der Waals surface area contributed by atoms with E-state index in [1.54, 1.807) is 0 Å². The second-order valence-electron chi connectivity index (χ2n) is 5.71. The van der Waals surface area contributed by atoms with Crippen LogP contribution in [0.15, 0.2) is 18.2 Å². The van der Waals surface area contributed by atoms with Crippen LogP contribution in [0, 0.1) is 0 Å². The number of Topliss-reactive ketones (excluding diaryl/α,β-unsaturated/α-hetero) is 1. The number of nitrogens with zero attached hydrogens (tertiary/aromatic N) is 2. The minimum atomic E-state index is 0.199. The molecule has 0 saturated heterocycles. The molecule has 1 heterocycles. The Morgan fingerprint density at radius 1 is 1.29 bits per heavy atom. The van der Waals surface area contributed by atoms with Gasteiger partial charge in [0.15, 0.2) is 5.78 Å². The molecule has 2 rings (SSSR count). The molecule has 2 aromatic rings. The average Bonchev–Trinajstić information content (AvgIpc) is 2.91. The third-order valence-corrected chi connectivity index (χ3v) is 3.92. The molecule has 114 valence electrons. The molecule has 0 aliphatic carbocycles. The first-order valence-electron chi connectivity index (χ1n) is 7.80. The second-order valence-corrected chi connectivity index (χ2v) is 5.71. The SMILES string of the molecule is CCN(CC)CCC(=O)c1ccc2nc(C(C)C)[nH]c2c1. The van der Waals surface area contributed by atoms with E-state index in [0.717, 1.165) is 42.1 Å². The maximum Gasteiger partial charge on any atom is 0.164 e. The zero-order valence-electron chi connectivity index (χ0n) is 13.4. The van der Waals surface area contributed by atoms with Crippen LogP contribution in [0.4, 0.5) is 0 Å². The molecule has 4 nitrogen and oxygen atoms in total. The fourth-order valence-electron chi connectivity index (χ4n) is 2.42. The lowest BCUT2D eigenvalue weighted by molar-refractivity contribution is 0.0966. The van der Waals surface area contributed by atoms with Gasteiger partial charge in [0.25, 0.3) is 0 Å². The Morgan fingerprint density at radius 3 is 2.62 bits per heavy atom. The highest BCUT2D eigenvalue weighted by atomic mass is 16.1. The fourth-order valence-corrected chi connectivity index (χ4v) is 2.42. The number of benzene rings is 1. The van der Waals surface area contributed by atoms with Gasteiger partial charge in [-0.2, -0.15) is 0 Å². The lowest BCUT2D eigenvalue weighted by Crippen LogP contribution is -2.25. The first-order valence-corrected chi connectivity index (χ1v) is 7.80. The van der Waals surface area contributed by atoms with Gasteiger partial charge in [-0.25, -0.2) is 4.98 Å². The van der Waals surface area contributed by atoms with E-state index in [1.165, 1.54) is 0 Å². The number of nitrogens with one attached hydrogen (secondary N) is 1. The van der Waals surface area contributed by atoms with Crippen molar-refractivity contribution in [1.29, 1.82) is 0 Å². The summed E-state index contributed by atoms with van der Waals surface area (Å²) >= 11 is 0. The summed E-state index contributed by atoms with van der Waals surface area (Å²) < 4.78 is 0. The van der Waals surface area contributed by atoms with Crippen molar-refractivity contribution in [3.8, 4) is 0 Å².